The summed E-state index contributed by atoms with van der Waals surface area (Å²) in [5.74, 6) is 0. The quantitative estimate of drug-likeness (QED) is 0.193. The predicted octanol–water partition coefficient (Wildman–Crippen LogP) is -2.09. The maximum Gasteiger partial charge on any atom is 0.121 e. The Morgan fingerprint density at radius 1 is 1.08 bits per heavy atom. The van der Waals surface area contributed by atoms with Gasteiger partial charge in [0.05, 0.1) is 12.3 Å². The average molecular weight is 179 g/mol. The fraction of sp³-hybridized carbons (Fsp3) is 0.833. The molecule has 0 aromatic rings. The molecule has 12 heavy (non-hydrogen) atoms. The van der Waals surface area contributed by atoms with Crippen LogP contribution in [0, 0.1) is 0 Å². The summed E-state index contributed by atoms with van der Waals surface area (Å²) in [4.78, 5) is 0. The lowest BCUT2D eigenvalue weighted by Gasteiger charge is -2.21. The summed E-state index contributed by atoms with van der Waals surface area (Å²) in [6.07, 6.45) is -5.06. The van der Waals surface area contributed by atoms with Crippen LogP contribution >= 0.6 is 0 Å². The molecule has 0 saturated carbocycles. The van der Waals surface area contributed by atoms with Crippen LogP contribution in [0.15, 0.2) is 5.16 Å². The van der Waals surface area contributed by atoms with Crippen LogP contribution in [0.2, 0.25) is 0 Å². The van der Waals surface area contributed by atoms with Crippen LogP contribution < -0.4 is 0 Å². The molecule has 0 fully saturated rings. The molecule has 0 radical (unpaired) electrons. The van der Waals surface area contributed by atoms with Gasteiger partial charge in [0.15, 0.2) is 0 Å². The third-order valence-electron chi connectivity index (χ3n) is 1.41. The summed E-state index contributed by atoms with van der Waals surface area (Å²) in [5.41, 5.74) is 0. The van der Waals surface area contributed by atoms with Gasteiger partial charge in [-0.05, 0) is 6.92 Å². The molecule has 4 atom stereocenters. The lowest BCUT2D eigenvalue weighted by atomic mass is 10.1. The van der Waals surface area contributed by atoms with Crippen molar-refractivity contribution < 1.29 is 25.6 Å². The molecule has 0 aromatic carbocycles. The zero-order valence-corrected chi connectivity index (χ0v) is 6.57. The first-order valence-electron chi connectivity index (χ1n) is 3.40. The van der Waals surface area contributed by atoms with E-state index in [-0.39, 0.29) is 0 Å². The van der Waals surface area contributed by atoms with E-state index in [9.17, 15) is 0 Å². The smallest absolute Gasteiger partial charge is 0.121 e. The Morgan fingerprint density at radius 3 is 1.92 bits per heavy atom. The molecule has 0 spiro atoms. The molecule has 0 aliphatic heterocycles. The minimum absolute atomic E-state index is 0.649. The van der Waals surface area contributed by atoms with Crippen molar-refractivity contribution >= 4 is 6.21 Å². The molecule has 0 saturated heterocycles. The van der Waals surface area contributed by atoms with E-state index >= 15 is 0 Å². The predicted molar refractivity (Wildman–Crippen MR) is 40.0 cm³/mol. The highest BCUT2D eigenvalue weighted by atomic mass is 16.4. The van der Waals surface area contributed by atoms with Crippen LogP contribution in [-0.2, 0) is 0 Å². The maximum absolute atomic E-state index is 9.03. The van der Waals surface area contributed by atoms with Crippen molar-refractivity contribution in [1.82, 2.24) is 0 Å². The topological polar surface area (TPSA) is 114 Å². The van der Waals surface area contributed by atoms with Crippen molar-refractivity contribution in [1.29, 1.82) is 0 Å². The van der Waals surface area contributed by atoms with E-state index in [4.69, 9.17) is 25.6 Å². The van der Waals surface area contributed by atoms with Gasteiger partial charge < -0.3 is 25.6 Å². The fourth-order valence-electron chi connectivity index (χ4n) is 0.644. The SMILES string of the molecule is CC(O)C(O)C(O)C(O)/C=N/O. The van der Waals surface area contributed by atoms with Gasteiger partial charge in [0, 0.05) is 0 Å². The molecule has 6 nitrogen and oxygen atoms in total. The van der Waals surface area contributed by atoms with Crippen LogP contribution in [0.25, 0.3) is 0 Å². The molecule has 0 aliphatic rings. The average Bonchev–Trinajstić information content (AvgIpc) is 2.02. The second-order valence-electron chi connectivity index (χ2n) is 2.48. The zero-order valence-electron chi connectivity index (χ0n) is 6.57. The van der Waals surface area contributed by atoms with Gasteiger partial charge in [-0.1, -0.05) is 5.16 Å². The van der Waals surface area contributed by atoms with E-state index in [1.54, 1.807) is 0 Å². The fourth-order valence-corrected chi connectivity index (χ4v) is 0.644. The number of hydrogen-bond acceptors (Lipinski definition) is 6. The molecular formula is C6H13NO5. The lowest BCUT2D eigenvalue weighted by Crippen LogP contribution is -2.43. The monoisotopic (exact) mass is 179 g/mol. The minimum atomic E-state index is -1.57. The second kappa shape index (κ2) is 5.04. The maximum atomic E-state index is 9.03. The summed E-state index contributed by atoms with van der Waals surface area (Å²) < 4.78 is 0. The highest BCUT2D eigenvalue weighted by molar-refractivity contribution is 5.62. The van der Waals surface area contributed by atoms with Crippen LogP contribution in [0.4, 0.5) is 0 Å². The normalized spacial score (nSPS) is 22.1. The van der Waals surface area contributed by atoms with Gasteiger partial charge >= 0.3 is 0 Å². The summed E-state index contributed by atoms with van der Waals surface area (Å²) >= 11 is 0. The second-order valence-corrected chi connectivity index (χ2v) is 2.48. The third-order valence-corrected chi connectivity index (χ3v) is 1.41. The standard InChI is InChI=1S/C6H13NO5/c1-3(8)5(10)6(11)4(9)2-7-12/h2-6,8-12H,1H3/b7-2+. The Bertz CT molecular complexity index is 149. The number of oxime groups is 1. The van der Waals surface area contributed by atoms with Crippen LogP contribution in [-0.4, -0.2) is 56.3 Å². The van der Waals surface area contributed by atoms with Gasteiger partial charge in [-0.25, -0.2) is 0 Å². The first-order valence-corrected chi connectivity index (χ1v) is 3.40. The van der Waals surface area contributed by atoms with Gasteiger partial charge in [0.2, 0.25) is 0 Å². The summed E-state index contributed by atoms with van der Waals surface area (Å²) in [7, 11) is 0. The molecule has 6 heteroatoms. The van der Waals surface area contributed by atoms with E-state index in [0.717, 1.165) is 0 Å². The number of nitrogens with zero attached hydrogens (tertiary/aromatic N) is 1. The molecule has 72 valence electrons. The third kappa shape index (κ3) is 3.14. The molecule has 0 amide bonds. The minimum Gasteiger partial charge on any atom is -0.411 e. The van der Waals surface area contributed by atoms with E-state index < -0.39 is 24.4 Å². The van der Waals surface area contributed by atoms with E-state index in [0.29, 0.717) is 6.21 Å². The van der Waals surface area contributed by atoms with Crippen molar-refractivity contribution in [3.05, 3.63) is 0 Å². The van der Waals surface area contributed by atoms with Crippen molar-refractivity contribution in [3.8, 4) is 0 Å². The van der Waals surface area contributed by atoms with E-state index in [1.807, 2.05) is 0 Å². The van der Waals surface area contributed by atoms with Gasteiger partial charge in [-0.3, -0.25) is 0 Å². The Hall–Kier alpha value is -0.690. The Morgan fingerprint density at radius 2 is 1.58 bits per heavy atom. The highest BCUT2D eigenvalue weighted by Crippen LogP contribution is 2.02. The zero-order chi connectivity index (χ0) is 9.72. The molecule has 0 rings (SSSR count). The molecule has 5 N–H and O–H groups in total. The highest BCUT2D eigenvalue weighted by Gasteiger charge is 2.26. The Balaban J connectivity index is 4.08. The molecule has 4 unspecified atom stereocenters. The van der Waals surface area contributed by atoms with Crippen LogP contribution in [0.3, 0.4) is 0 Å². The van der Waals surface area contributed by atoms with Crippen molar-refractivity contribution in [3.63, 3.8) is 0 Å². The van der Waals surface area contributed by atoms with E-state index in [1.165, 1.54) is 6.92 Å². The molecule has 0 aliphatic carbocycles. The number of aliphatic hydroxyl groups excluding tert-OH is 4. The Kier molecular flexibility index (Phi) is 4.75. The van der Waals surface area contributed by atoms with Gasteiger partial charge in [-0.2, -0.15) is 0 Å². The number of hydrogen-bond donors (Lipinski definition) is 5. The number of aliphatic hydroxyl groups is 4. The molecule has 0 bridgehead atoms. The van der Waals surface area contributed by atoms with Crippen LogP contribution in [0.1, 0.15) is 6.92 Å². The number of rotatable bonds is 4. The molecule has 0 aromatic heterocycles. The summed E-state index contributed by atoms with van der Waals surface area (Å²) in [5, 5.41) is 46.1. The first kappa shape index (κ1) is 11.3. The van der Waals surface area contributed by atoms with Gasteiger partial charge in [-0.15, -0.1) is 0 Å². The molecule has 0 heterocycles. The summed E-state index contributed by atoms with van der Waals surface area (Å²) in [6.45, 7) is 1.26. The van der Waals surface area contributed by atoms with Crippen molar-refractivity contribution in [2.45, 2.75) is 31.3 Å². The largest absolute Gasteiger partial charge is 0.411 e. The van der Waals surface area contributed by atoms with Gasteiger partial charge in [0.1, 0.15) is 18.3 Å². The van der Waals surface area contributed by atoms with E-state index in [2.05, 4.69) is 5.16 Å². The molecular weight excluding hydrogens is 166 g/mol. The van der Waals surface area contributed by atoms with Gasteiger partial charge in [0.25, 0.3) is 0 Å². The van der Waals surface area contributed by atoms with Crippen molar-refractivity contribution in [2.24, 2.45) is 5.16 Å². The Labute approximate surface area is 69.4 Å². The van der Waals surface area contributed by atoms with Crippen molar-refractivity contribution in [2.75, 3.05) is 0 Å². The lowest BCUT2D eigenvalue weighted by molar-refractivity contribution is -0.0824. The van der Waals surface area contributed by atoms with Crippen LogP contribution in [0.5, 0.6) is 0 Å². The summed E-state index contributed by atoms with van der Waals surface area (Å²) in [6, 6.07) is 0. The first-order chi connectivity index (χ1) is 5.50.